The Morgan fingerprint density at radius 3 is 1.83 bits per heavy atom. The molecule has 0 aromatic heterocycles. The maximum atomic E-state index is 6.38. The minimum Gasteiger partial charge on any atom is -0.478 e. The van der Waals surface area contributed by atoms with Gasteiger partial charge in [-0.25, -0.2) is 4.99 Å². The van der Waals surface area contributed by atoms with E-state index in [0.29, 0.717) is 11.5 Å². The highest BCUT2D eigenvalue weighted by Gasteiger charge is 2.55. The lowest BCUT2D eigenvalue weighted by molar-refractivity contribution is -0.0226. The number of hydrogen-bond acceptors (Lipinski definition) is 2. The summed E-state index contributed by atoms with van der Waals surface area (Å²) in [6.45, 7) is 0.787. The van der Waals surface area contributed by atoms with E-state index in [-0.39, 0.29) is 0 Å². The summed E-state index contributed by atoms with van der Waals surface area (Å²) in [4.78, 5) is 5.28. The number of hydrogen-bond donors (Lipinski definition) is 0. The van der Waals surface area contributed by atoms with E-state index in [1.165, 1.54) is 49.1 Å². The third-order valence-electron chi connectivity index (χ3n) is 7.73. The molecule has 0 saturated heterocycles. The van der Waals surface area contributed by atoms with Gasteiger partial charge in [0.25, 0.3) is 0 Å². The Kier molecular flexibility index (Phi) is 4.53. The first kappa shape index (κ1) is 18.1. The minimum atomic E-state index is -0.401. The van der Waals surface area contributed by atoms with Crippen molar-refractivity contribution in [3.63, 3.8) is 0 Å². The fraction of sp³-hybridized carbons (Fsp3) is 0.500. The molecule has 2 aromatic rings. The van der Waals surface area contributed by atoms with Crippen molar-refractivity contribution in [2.45, 2.75) is 44.6 Å². The molecule has 1 heterocycles. The second-order valence-electron chi connectivity index (χ2n) is 9.88. The van der Waals surface area contributed by atoms with Gasteiger partial charge in [-0.1, -0.05) is 60.7 Å². The van der Waals surface area contributed by atoms with Crippen LogP contribution in [0.4, 0.5) is 0 Å². The van der Waals surface area contributed by atoms with E-state index in [2.05, 4.69) is 60.7 Å². The first-order valence-corrected chi connectivity index (χ1v) is 12.9. The molecule has 5 aliphatic rings. The lowest BCUT2D eigenvalue weighted by Gasteiger charge is -2.56. The normalized spacial score (nSPS) is 35.0. The Labute approximate surface area is 175 Å². The summed E-state index contributed by atoms with van der Waals surface area (Å²) >= 11 is 0. The molecular formula is C26H30NOP. The van der Waals surface area contributed by atoms with Crippen molar-refractivity contribution in [3.8, 4) is 0 Å². The number of aliphatic imine (C=N–C) groups is 1. The maximum absolute atomic E-state index is 6.38. The minimum absolute atomic E-state index is 0.297. The highest BCUT2D eigenvalue weighted by atomic mass is 31.1. The molecule has 0 amide bonds. The van der Waals surface area contributed by atoms with Crippen LogP contribution < -0.4 is 10.6 Å². The van der Waals surface area contributed by atoms with Crippen molar-refractivity contribution in [2.75, 3.05) is 12.8 Å². The van der Waals surface area contributed by atoms with Crippen LogP contribution in [0.5, 0.6) is 0 Å². The van der Waals surface area contributed by atoms with Gasteiger partial charge < -0.3 is 4.74 Å². The van der Waals surface area contributed by atoms with E-state index in [0.717, 1.165) is 36.4 Å². The van der Waals surface area contributed by atoms with Gasteiger partial charge in [0.1, 0.15) is 6.61 Å². The van der Waals surface area contributed by atoms with Crippen LogP contribution in [0, 0.1) is 23.2 Å². The number of rotatable bonds is 5. The highest BCUT2D eigenvalue weighted by molar-refractivity contribution is 7.73. The second-order valence-corrected chi connectivity index (χ2v) is 12.1. The van der Waals surface area contributed by atoms with Crippen LogP contribution in [0.3, 0.4) is 0 Å². The van der Waals surface area contributed by atoms with Gasteiger partial charge in [0.2, 0.25) is 0 Å². The molecule has 4 aliphatic carbocycles. The van der Waals surface area contributed by atoms with Crippen molar-refractivity contribution in [2.24, 2.45) is 28.2 Å². The molecule has 4 fully saturated rings. The molecule has 3 heteroatoms. The molecule has 7 rings (SSSR count). The van der Waals surface area contributed by atoms with Crippen LogP contribution in [-0.2, 0) is 4.74 Å². The summed E-state index contributed by atoms with van der Waals surface area (Å²) in [5.74, 6) is 3.98. The largest absolute Gasteiger partial charge is 0.478 e. The van der Waals surface area contributed by atoms with Gasteiger partial charge in [-0.2, -0.15) is 0 Å². The first-order chi connectivity index (χ1) is 14.3. The lowest BCUT2D eigenvalue weighted by atomic mass is 9.49. The van der Waals surface area contributed by atoms with Gasteiger partial charge in [0.15, 0.2) is 5.90 Å². The van der Waals surface area contributed by atoms with Crippen molar-refractivity contribution in [3.05, 3.63) is 60.7 Å². The molecule has 0 radical (unpaired) electrons. The second kappa shape index (κ2) is 7.24. The third-order valence-corrected chi connectivity index (χ3v) is 10.4. The molecular weight excluding hydrogens is 373 g/mol. The predicted molar refractivity (Wildman–Crippen MR) is 122 cm³/mol. The van der Waals surface area contributed by atoms with Crippen LogP contribution in [0.2, 0.25) is 0 Å². The van der Waals surface area contributed by atoms with Gasteiger partial charge >= 0.3 is 0 Å². The van der Waals surface area contributed by atoms with E-state index < -0.39 is 7.92 Å². The molecule has 150 valence electrons. The fourth-order valence-electron chi connectivity index (χ4n) is 6.96. The van der Waals surface area contributed by atoms with Gasteiger partial charge in [0.05, 0.1) is 6.04 Å². The average Bonchev–Trinajstić information content (AvgIpc) is 3.22. The molecule has 0 spiro atoms. The Morgan fingerprint density at radius 1 is 0.793 bits per heavy atom. The molecule has 2 aromatic carbocycles. The monoisotopic (exact) mass is 403 g/mol. The van der Waals surface area contributed by atoms with Gasteiger partial charge in [0, 0.05) is 11.6 Å². The molecule has 4 bridgehead atoms. The summed E-state index contributed by atoms with van der Waals surface area (Å²) in [5, 5.41) is 2.90. The fourth-order valence-corrected chi connectivity index (χ4v) is 9.35. The van der Waals surface area contributed by atoms with E-state index in [1.54, 1.807) is 0 Å². The Hall–Kier alpha value is -1.66. The molecule has 0 N–H and O–H groups in total. The summed E-state index contributed by atoms with van der Waals surface area (Å²) < 4.78 is 6.38. The van der Waals surface area contributed by atoms with Crippen molar-refractivity contribution < 1.29 is 4.74 Å². The maximum Gasteiger partial charge on any atom is 0.190 e. The molecule has 4 saturated carbocycles. The van der Waals surface area contributed by atoms with Crippen molar-refractivity contribution in [1.82, 2.24) is 0 Å². The zero-order valence-electron chi connectivity index (χ0n) is 17.0. The van der Waals surface area contributed by atoms with Gasteiger partial charge in [-0.3, -0.25) is 0 Å². The van der Waals surface area contributed by atoms with E-state index in [4.69, 9.17) is 9.73 Å². The Bertz CT molecular complexity index is 819. The Balaban J connectivity index is 1.26. The summed E-state index contributed by atoms with van der Waals surface area (Å²) in [7, 11) is -0.401. The molecule has 1 atom stereocenters. The van der Waals surface area contributed by atoms with E-state index in [1.807, 2.05) is 0 Å². The van der Waals surface area contributed by atoms with E-state index in [9.17, 15) is 0 Å². The van der Waals surface area contributed by atoms with Crippen LogP contribution in [-0.4, -0.2) is 24.7 Å². The molecule has 1 unspecified atom stereocenters. The van der Waals surface area contributed by atoms with Crippen molar-refractivity contribution in [1.29, 1.82) is 0 Å². The predicted octanol–water partition coefficient (Wildman–Crippen LogP) is 5.13. The van der Waals surface area contributed by atoms with Crippen LogP contribution >= 0.6 is 7.92 Å². The SMILES string of the molecule is c1ccc(P(CC2COC(C34CC5CC(CC(C5)C3)C4)=N2)c2ccccc2)cc1. The topological polar surface area (TPSA) is 21.6 Å². The van der Waals surface area contributed by atoms with E-state index >= 15 is 0 Å². The summed E-state index contributed by atoms with van der Waals surface area (Å²) in [6.07, 6.45) is 9.55. The van der Waals surface area contributed by atoms with Crippen LogP contribution in [0.15, 0.2) is 65.7 Å². The number of ether oxygens (including phenoxy) is 1. The van der Waals surface area contributed by atoms with Crippen LogP contribution in [0.1, 0.15) is 38.5 Å². The highest BCUT2D eigenvalue weighted by Crippen LogP contribution is 2.61. The average molecular weight is 404 g/mol. The first-order valence-electron chi connectivity index (χ1n) is 11.4. The zero-order chi connectivity index (χ0) is 19.3. The summed E-state index contributed by atoms with van der Waals surface area (Å²) in [5.41, 5.74) is 0.297. The lowest BCUT2D eigenvalue weighted by Crippen LogP contribution is -2.50. The third kappa shape index (κ3) is 3.34. The van der Waals surface area contributed by atoms with Gasteiger partial charge in [-0.15, -0.1) is 0 Å². The number of benzene rings is 2. The number of nitrogens with zero attached hydrogens (tertiary/aromatic N) is 1. The standard InChI is InChI=1S/C26H30NOP/c1-3-7-23(8-4-1)29(24-9-5-2-6-10-24)18-22-17-28-25(27-22)26-14-19-11-20(15-26)13-21(12-19)16-26/h1-10,19-22H,11-18H2. The molecule has 1 aliphatic heterocycles. The zero-order valence-corrected chi connectivity index (χ0v) is 17.9. The van der Waals surface area contributed by atoms with Gasteiger partial charge in [-0.05, 0) is 74.8 Å². The smallest absolute Gasteiger partial charge is 0.190 e. The quantitative estimate of drug-likeness (QED) is 0.634. The molecule has 2 nitrogen and oxygen atoms in total. The Morgan fingerprint density at radius 2 is 1.31 bits per heavy atom. The summed E-state index contributed by atoms with van der Waals surface area (Å²) in [6, 6.07) is 22.4. The van der Waals surface area contributed by atoms with Crippen molar-refractivity contribution >= 4 is 24.4 Å². The molecule has 29 heavy (non-hydrogen) atoms. The van der Waals surface area contributed by atoms with Crippen LogP contribution in [0.25, 0.3) is 0 Å².